The van der Waals surface area contributed by atoms with Gasteiger partial charge in [-0.1, -0.05) is 129 Å². The Bertz CT molecular complexity index is 3180. The van der Waals surface area contributed by atoms with Crippen LogP contribution in [-0.2, 0) is 92.4 Å². The zero-order valence-electron chi connectivity index (χ0n) is 67.7. The molecule has 2 aliphatic rings. The van der Waals surface area contributed by atoms with E-state index in [1.54, 1.807) is 130 Å². The molecule has 0 spiro atoms. The molecule has 608 valence electrons. The van der Waals surface area contributed by atoms with Crippen molar-refractivity contribution in [2.24, 2.45) is 29.6 Å². The molecule has 2 saturated heterocycles. The summed E-state index contributed by atoms with van der Waals surface area (Å²) in [6.07, 6.45) is -2.50. The van der Waals surface area contributed by atoms with E-state index in [-0.39, 0.29) is 96.3 Å². The monoisotopic (exact) mass is 1520 g/mol. The molecule has 0 unspecified atom stereocenters. The quantitative estimate of drug-likeness (QED) is 0.0244. The first-order chi connectivity index (χ1) is 50.9. The van der Waals surface area contributed by atoms with Crippen molar-refractivity contribution in [3.8, 4) is 0 Å². The molecule has 0 aliphatic carbocycles. The first-order valence-corrected chi connectivity index (χ1v) is 38.1. The van der Waals surface area contributed by atoms with Gasteiger partial charge in [0.25, 0.3) is 0 Å². The number of likely N-dealkylation sites (N-methyl/N-ethyl adjacent to an activating group) is 2. The molecule has 29 nitrogen and oxygen atoms in total. The van der Waals surface area contributed by atoms with Crippen molar-refractivity contribution >= 4 is 65.5 Å². The highest BCUT2D eigenvalue weighted by atomic mass is 16.6. The number of nitrogens with one attached hydrogen (secondary N) is 5. The summed E-state index contributed by atoms with van der Waals surface area (Å²) in [5.41, 5.74) is -0.217. The van der Waals surface area contributed by atoms with E-state index in [1.807, 2.05) is 58.0 Å². The summed E-state index contributed by atoms with van der Waals surface area (Å²) in [5.74, 6) is -7.58. The number of alkyl carbamates (subject to hydrolysis) is 1. The Balaban J connectivity index is 1.43. The fourth-order valence-electron chi connectivity index (χ4n) is 13.4. The molecule has 0 saturated carbocycles. The van der Waals surface area contributed by atoms with E-state index < -0.39 is 162 Å². The Morgan fingerprint density at radius 3 is 1.75 bits per heavy atom. The van der Waals surface area contributed by atoms with Gasteiger partial charge in [-0.2, -0.15) is 0 Å². The number of carbonyl (C=O) groups excluding carboxylic acids is 11. The maximum absolute atomic E-state index is 14.8. The van der Waals surface area contributed by atoms with Crippen LogP contribution in [0, 0.1) is 29.6 Å². The third kappa shape index (κ3) is 29.8. The van der Waals surface area contributed by atoms with E-state index >= 15 is 0 Å². The molecule has 5 N–H and O–H groups in total. The predicted molar refractivity (Wildman–Crippen MR) is 404 cm³/mol. The second kappa shape index (κ2) is 45.2. The molecule has 0 bridgehead atoms. The zero-order valence-corrected chi connectivity index (χ0v) is 67.7. The first kappa shape index (κ1) is 92.4. The molecule has 0 radical (unpaired) electrons. The van der Waals surface area contributed by atoms with Crippen molar-refractivity contribution in [1.29, 1.82) is 0 Å². The SMILES string of the molecule is CC[C@H](C)[C@@H]([C@@H](CC(=O)N1CCC[C@H]1[C@H](OC)[C@@H](C)C(=O)N[C@H](C)[C@@H](OC(=O)[C@@H](NC(=O)[C@@H]1CCCN1C(=O)[C@H](CC(=O)OC(C)(C)C)NC(=O)CCOCCOCCOCCNC(=O)OC(C)(C)C)C(C)C)c1ccccc1)OC)N(C)C(=O)[C@@H](NC(=O)[C@H](C(C)C)N(C)C(=O)OCc1ccccc1)C(C)C. The number of esters is 2. The van der Waals surface area contributed by atoms with Gasteiger partial charge in [0.15, 0.2) is 0 Å². The number of hydrogen-bond donors (Lipinski definition) is 5. The second-order valence-corrected chi connectivity index (χ2v) is 31.1. The standard InChI is InChI=1S/C79H127N9O20/c1-21-52(8)67(85(17)74(96)64(49(2)3)83-72(94)66(51(6)7)86(18)77(99)105-48-55-30-24-22-25-31-55)60(100-19)47-62(90)87-38-28-34-58(87)68(101-20)53(9)70(92)81-54(10)69(56-32-26-23-27-33-56)106-75(97)65(50(4)5)84-71(93)59-35-29-39-88(59)73(95)57(46-63(91)107-78(11,12)13)82-61(89)36-40-102-42-44-104-45-43-103-41-37-80-76(98)108-79(14,15)16/h22-27,30-33,49-54,57-60,64-69H,21,28-29,34-48H2,1-20H3,(H,80,98)(H,81,92)(H,82,89)(H,83,94)(H,84,93)/t52-,53+,54+,57-,58-,59-,60+,64-,65-,66-,67-,68+,69+/m0/s1. The maximum atomic E-state index is 14.8. The van der Waals surface area contributed by atoms with Crippen molar-refractivity contribution in [3.63, 3.8) is 0 Å². The number of carbonyl (C=O) groups is 11. The van der Waals surface area contributed by atoms with E-state index in [9.17, 15) is 52.7 Å². The lowest BCUT2D eigenvalue weighted by Gasteiger charge is -2.41. The lowest BCUT2D eigenvalue weighted by Crippen LogP contribution is -2.60. The molecule has 2 heterocycles. The van der Waals surface area contributed by atoms with Crippen LogP contribution in [-0.4, -0.2) is 244 Å². The molecule has 2 aliphatic heterocycles. The van der Waals surface area contributed by atoms with Crippen molar-refractivity contribution in [2.75, 3.05) is 87.6 Å². The third-order valence-corrected chi connectivity index (χ3v) is 19.1. The minimum Gasteiger partial charge on any atom is -0.460 e. The Morgan fingerprint density at radius 2 is 1.19 bits per heavy atom. The van der Waals surface area contributed by atoms with Crippen LogP contribution >= 0.6 is 0 Å². The summed E-state index contributed by atoms with van der Waals surface area (Å²) in [6.45, 7) is 30.2. The van der Waals surface area contributed by atoms with Gasteiger partial charge in [0.1, 0.15) is 54.1 Å². The molecule has 9 amide bonds. The van der Waals surface area contributed by atoms with Crippen LogP contribution in [0.2, 0.25) is 0 Å². The number of hydrogen-bond acceptors (Lipinski definition) is 20. The van der Waals surface area contributed by atoms with Gasteiger partial charge in [-0.3, -0.25) is 43.3 Å². The number of methoxy groups -OCH3 is 2. The topological polar surface area (TPSA) is 344 Å². The molecule has 4 rings (SSSR count). The number of ether oxygens (including phenoxy) is 9. The van der Waals surface area contributed by atoms with Crippen molar-refractivity contribution in [1.82, 2.24) is 46.2 Å². The Morgan fingerprint density at radius 1 is 0.611 bits per heavy atom. The summed E-state index contributed by atoms with van der Waals surface area (Å²) in [7, 11) is 6.11. The number of likely N-dealkylation sites (tertiary alicyclic amines) is 2. The zero-order chi connectivity index (χ0) is 80.8. The minimum absolute atomic E-state index is 0.0104. The van der Waals surface area contributed by atoms with Gasteiger partial charge in [0.2, 0.25) is 41.4 Å². The second-order valence-electron chi connectivity index (χ2n) is 31.1. The number of benzene rings is 2. The summed E-state index contributed by atoms with van der Waals surface area (Å²) in [4.78, 5) is 160. The van der Waals surface area contributed by atoms with Crippen LogP contribution < -0.4 is 26.6 Å². The fraction of sp³-hybridized carbons (Fsp3) is 0.709. The van der Waals surface area contributed by atoms with Gasteiger partial charge in [-0.15, -0.1) is 0 Å². The van der Waals surface area contributed by atoms with Gasteiger partial charge in [-0.05, 0) is 109 Å². The molecular formula is C79H127N9O20. The van der Waals surface area contributed by atoms with E-state index in [0.717, 1.165) is 5.56 Å². The van der Waals surface area contributed by atoms with Gasteiger partial charge in [0, 0.05) is 54.4 Å². The van der Waals surface area contributed by atoms with E-state index in [0.29, 0.717) is 37.8 Å². The Hall–Kier alpha value is -7.99. The van der Waals surface area contributed by atoms with E-state index in [1.165, 1.54) is 31.1 Å². The lowest BCUT2D eigenvalue weighted by atomic mass is 9.89. The highest BCUT2D eigenvalue weighted by molar-refractivity contribution is 5.96. The maximum Gasteiger partial charge on any atom is 0.410 e. The van der Waals surface area contributed by atoms with Gasteiger partial charge >= 0.3 is 24.1 Å². The largest absolute Gasteiger partial charge is 0.460 e. The molecule has 108 heavy (non-hydrogen) atoms. The molecule has 2 aromatic carbocycles. The molecular weight excluding hydrogens is 1390 g/mol. The molecule has 2 aromatic rings. The molecule has 13 atom stereocenters. The highest BCUT2D eigenvalue weighted by Crippen LogP contribution is 2.32. The van der Waals surface area contributed by atoms with Crippen molar-refractivity contribution in [2.45, 2.75) is 247 Å². The average molecular weight is 1520 g/mol. The number of rotatable bonds is 43. The van der Waals surface area contributed by atoms with Crippen molar-refractivity contribution < 1.29 is 95.4 Å². The van der Waals surface area contributed by atoms with Crippen LogP contribution in [0.15, 0.2) is 60.7 Å². The summed E-state index contributed by atoms with van der Waals surface area (Å²) >= 11 is 0. The Labute approximate surface area is 640 Å². The number of nitrogens with zero attached hydrogens (tertiary/aromatic N) is 4. The van der Waals surface area contributed by atoms with Gasteiger partial charge in [0.05, 0.1) is 88.7 Å². The van der Waals surface area contributed by atoms with Gasteiger partial charge < -0.3 is 83.9 Å². The van der Waals surface area contributed by atoms with Gasteiger partial charge in [-0.25, -0.2) is 14.4 Å². The summed E-state index contributed by atoms with van der Waals surface area (Å²) in [6, 6.07) is 10.1. The molecule has 2 fully saturated rings. The minimum atomic E-state index is -1.42. The normalized spacial score (nSPS) is 17.7. The van der Waals surface area contributed by atoms with Crippen LogP contribution in [0.25, 0.3) is 0 Å². The van der Waals surface area contributed by atoms with Crippen LogP contribution in [0.4, 0.5) is 9.59 Å². The van der Waals surface area contributed by atoms with Crippen LogP contribution in [0.3, 0.4) is 0 Å². The van der Waals surface area contributed by atoms with E-state index in [4.69, 9.17) is 42.6 Å². The van der Waals surface area contributed by atoms with Crippen LogP contribution in [0.5, 0.6) is 0 Å². The first-order valence-electron chi connectivity index (χ1n) is 38.1. The van der Waals surface area contributed by atoms with Crippen LogP contribution in [0.1, 0.15) is 179 Å². The smallest absolute Gasteiger partial charge is 0.410 e. The molecule has 0 aromatic heterocycles. The fourth-order valence-corrected chi connectivity index (χ4v) is 13.4. The predicted octanol–water partition coefficient (Wildman–Crippen LogP) is 7.44. The lowest BCUT2D eigenvalue weighted by molar-refractivity contribution is -0.159. The summed E-state index contributed by atoms with van der Waals surface area (Å²) in [5, 5.41) is 14.1. The highest BCUT2D eigenvalue weighted by Gasteiger charge is 2.46. The summed E-state index contributed by atoms with van der Waals surface area (Å²) < 4.78 is 51.5. The Kier molecular flexibility index (Phi) is 38.7. The van der Waals surface area contributed by atoms with E-state index in [2.05, 4.69) is 26.6 Å². The van der Waals surface area contributed by atoms with Crippen molar-refractivity contribution in [3.05, 3.63) is 71.8 Å². The third-order valence-electron chi connectivity index (χ3n) is 19.1. The average Bonchev–Trinajstić information content (AvgIpc) is 0.827. The number of amides is 9. The molecule has 29 heteroatoms.